The van der Waals surface area contributed by atoms with Crippen LogP contribution in [0.2, 0.25) is 0 Å². The number of H-pyrrole nitrogens is 1. The number of aromatic amines is 1. The van der Waals surface area contributed by atoms with E-state index in [0.717, 1.165) is 24.0 Å². The standard InChI is InChI=1S/C23H25FN8O2/c1-23(2,3)22-29-20(32-34-22)21(33)27-9-13-5-4-12(8-16(13)24)15-6-7-26-18-17(15)19(31-30-18)28-14-10-25-11-14/h4-8,14,25H,9-11H2,1-3H3,(H,27,33)(H2,26,28,30,31). The van der Waals surface area contributed by atoms with E-state index in [4.69, 9.17) is 4.52 Å². The Bertz CT molecular complexity index is 1350. The van der Waals surface area contributed by atoms with E-state index in [1.54, 1.807) is 12.3 Å². The van der Waals surface area contributed by atoms with Gasteiger partial charge in [0.25, 0.3) is 11.7 Å². The van der Waals surface area contributed by atoms with Crippen molar-refractivity contribution in [3.8, 4) is 11.1 Å². The largest absolute Gasteiger partial charge is 0.363 e. The highest BCUT2D eigenvalue weighted by Crippen LogP contribution is 2.32. The summed E-state index contributed by atoms with van der Waals surface area (Å²) < 4.78 is 20.1. The Kier molecular flexibility index (Phi) is 5.48. The lowest BCUT2D eigenvalue weighted by atomic mass is 9.97. The van der Waals surface area contributed by atoms with Crippen LogP contribution in [0.15, 0.2) is 35.0 Å². The number of amides is 1. The lowest BCUT2D eigenvalue weighted by Crippen LogP contribution is -2.51. The fourth-order valence-corrected chi connectivity index (χ4v) is 3.61. The number of nitrogens with one attached hydrogen (secondary N) is 4. The van der Waals surface area contributed by atoms with Gasteiger partial charge in [-0.2, -0.15) is 10.1 Å². The van der Waals surface area contributed by atoms with E-state index < -0.39 is 11.7 Å². The van der Waals surface area contributed by atoms with Crippen molar-refractivity contribution in [1.29, 1.82) is 0 Å². The van der Waals surface area contributed by atoms with E-state index in [9.17, 15) is 9.18 Å². The predicted molar refractivity (Wildman–Crippen MR) is 124 cm³/mol. The van der Waals surface area contributed by atoms with Gasteiger partial charge in [0.2, 0.25) is 5.89 Å². The summed E-state index contributed by atoms with van der Waals surface area (Å²) >= 11 is 0. The number of carbonyl (C=O) groups is 1. The summed E-state index contributed by atoms with van der Waals surface area (Å²) in [4.78, 5) is 20.8. The molecular weight excluding hydrogens is 439 g/mol. The molecule has 11 heteroatoms. The van der Waals surface area contributed by atoms with Gasteiger partial charge >= 0.3 is 0 Å². The number of hydrogen-bond acceptors (Lipinski definition) is 8. The van der Waals surface area contributed by atoms with Gasteiger partial charge in [-0.1, -0.05) is 38.1 Å². The Morgan fingerprint density at radius 3 is 2.76 bits per heavy atom. The first-order chi connectivity index (χ1) is 16.3. The van der Waals surface area contributed by atoms with Crippen LogP contribution in [0.3, 0.4) is 0 Å². The van der Waals surface area contributed by atoms with Crippen LogP contribution in [0.25, 0.3) is 22.2 Å². The maximum atomic E-state index is 15.0. The SMILES string of the molecule is CC(C)(C)c1nc(C(=O)NCc2ccc(-c3ccnc4[nH]nc(NC5CNC5)c34)cc2F)no1. The summed E-state index contributed by atoms with van der Waals surface area (Å²) in [6, 6.07) is 7.04. The lowest BCUT2D eigenvalue weighted by Gasteiger charge is -2.28. The van der Waals surface area contributed by atoms with E-state index in [1.807, 2.05) is 32.9 Å². The molecule has 0 radical (unpaired) electrons. The van der Waals surface area contributed by atoms with Crippen LogP contribution in [-0.2, 0) is 12.0 Å². The molecule has 0 spiro atoms. The maximum Gasteiger partial charge on any atom is 0.292 e. The second kappa shape index (κ2) is 8.49. The number of hydrogen-bond donors (Lipinski definition) is 4. The molecule has 0 saturated carbocycles. The molecule has 1 saturated heterocycles. The van der Waals surface area contributed by atoms with E-state index in [-0.39, 0.29) is 17.8 Å². The number of aromatic nitrogens is 5. The van der Waals surface area contributed by atoms with Gasteiger partial charge < -0.3 is 20.5 Å². The third-order valence-electron chi connectivity index (χ3n) is 5.66. The van der Waals surface area contributed by atoms with Crippen LogP contribution in [0.1, 0.15) is 42.8 Å². The zero-order valence-electron chi connectivity index (χ0n) is 19.1. The first-order valence-corrected chi connectivity index (χ1v) is 11.0. The van der Waals surface area contributed by atoms with Crippen LogP contribution in [-0.4, -0.2) is 50.4 Å². The van der Waals surface area contributed by atoms with Crippen molar-refractivity contribution in [3.05, 3.63) is 53.6 Å². The number of pyridine rings is 1. The summed E-state index contributed by atoms with van der Waals surface area (Å²) in [5, 5.41) is 21.1. The Morgan fingerprint density at radius 1 is 1.26 bits per heavy atom. The van der Waals surface area contributed by atoms with E-state index in [0.29, 0.717) is 34.5 Å². The van der Waals surface area contributed by atoms with E-state index >= 15 is 0 Å². The molecule has 0 atom stereocenters. The van der Waals surface area contributed by atoms with Gasteiger partial charge in [-0.15, -0.1) is 0 Å². The summed E-state index contributed by atoms with van der Waals surface area (Å²) in [7, 11) is 0. The first-order valence-electron chi connectivity index (χ1n) is 11.0. The Morgan fingerprint density at radius 2 is 2.09 bits per heavy atom. The smallest absolute Gasteiger partial charge is 0.292 e. The van der Waals surface area contributed by atoms with Crippen molar-refractivity contribution < 1.29 is 13.7 Å². The van der Waals surface area contributed by atoms with E-state index in [2.05, 4.69) is 41.3 Å². The van der Waals surface area contributed by atoms with Crippen molar-refractivity contribution in [3.63, 3.8) is 0 Å². The van der Waals surface area contributed by atoms with Gasteiger partial charge in [-0.25, -0.2) is 9.37 Å². The van der Waals surface area contributed by atoms with Crippen LogP contribution >= 0.6 is 0 Å². The molecule has 10 nitrogen and oxygen atoms in total. The Labute approximate surface area is 194 Å². The van der Waals surface area contributed by atoms with Crippen molar-refractivity contribution in [2.45, 2.75) is 38.8 Å². The quantitative estimate of drug-likeness (QED) is 0.342. The highest BCUT2D eigenvalue weighted by molar-refractivity contribution is 6.00. The number of carbonyl (C=O) groups excluding carboxylic acids is 1. The topological polar surface area (TPSA) is 134 Å². The van der Waals surface area contributed by atoms with Gasteiger partial charge in [-0.3, -0.25) is 9.89 Å². The zero-order valence-corrected chi connectivity index (χ0v) is 19.1. The van der Waals surface area contributed by atoms with Crippen molar-refractivity contribution >= 4 is 22.8 Å². The van der Waals surface area contributed by atoms with Crippen LogP contribution < -0.4 is 16.0 Å². The first kappa shape index (κ1) is 22.0. The summed E-state index contributed by atoms with van der Waals surface area (Å²) in [6.45, 7) is 7.43. The minimum atomic E-state index is -0.529. The lowest BCUT2D eigenvalue weighted by molar-refractivity contribution is 0.0937. The molecule has 4 N–H and O–H groups in total. The zero-order chi connectivity index (χ0) is 23.9. The van der Waals surface area contributed by atoms with Gasteiger partial charge in [0.15, 0.2) is 11.5 Å². The van der Waals surface area contributed by atoms with E-state index in [1.165, 1.54) is 6.07 Å². The van der Waals surface area contributed by atoms with Gasteiger partial charge in [0.1, 0.15) is 5.82 Å². The molecule has 3 aromatic heterocycles. The van der Waals surface area contributed by atoms with Crippen molar-refractivity contribution in [2.75, 3.05) is 18.4 Å². The minimum Gasteiger partial charge on any atom is -0.363 e. The molecule has 176 valence electrons. The molecule has 1 aromatic carbocycles. The van der Waals surface area contributed by atoms with Gasteiger partial charge in [0, 0.05) is 36.8 Å². The molecule has 4 aromatic rings. The highest BCUT2D eigenvalue weighted by atomic mass is 19.1. The molecule has 34 heavy (non-hydrogen) atoms. The molecule has 4 heterocycles. The molecule has 0 aliphatic carbocycles. The fourth-order valence-electron chi connectivity index (χ4n) is 3.61. The molecule has 0 unspecified atom stereocenters. The van der Waals surface area contributed by atoms with Gasteiger partial charge in [0.05, 0.1) is 11.4 Å². The molecule has 0 bridgehead atoms. The fraction of sp³-hybridized carbons (Fsp3) is 0.348. The molecule has 1 amide bonds. The number of rotatable bonds is 6. The third-order valence-corrected chi connectivity index (χ3v) is 5.66. The van der Waals surface area contributed by atoms with Crippen molar-refractivity contribution in [2.24, 2.45) is 0 Å². The van der Waals surface area contributed by atoms with Crippen molar-refractivity contribution in [1.82, 2.24) is 36.0 Å². The van der Waals surface area contributed by atoms with Crippen LogP contribution in [0.4, 0.5) is 10.2 Å². The van der Waals surface area contributed by atoms with Gasteiger partial charge in [-0.05, 0) is 23.3 Å². The second-order valence-electron chi connectivity index (χ2n) is 9.32. The molecule has 1 aliphatic heterocycles. The number of halogens is 1. The number of benzene rings is 1. The monoisotopic (exact) mass is 464 g/mol. The summed E-state index contributed by atoms with van der Waals surface area (Å²) in [5.41, 5.74) is 2.09. The Hall–Kier alpha value is -3.86. The summed E-state index contributed by atoms with van der Waals surface area (Å²) in [5.74, 6) is 0.00279. The third kappa shape index (κ3) is 4.21. The van der Waals surface area contributed by atoms with Crippen LogP contribution in [0.5, 0.6) is 0 Å². The highest BCUT2D eigenvalue weighted by Gasteiger charge is 2.24. The number of fused-ring (bicyclic) bond motifs is 1. The van der Waals surface area contributed by atoms with Crippen LogP contribution in [0, 0.1) is 5.82 Å². The number of nitrogens with zero attached hydrogens (tertiary/aromatic N) is 4. The molecule has 5 rings (SSSR count). The molecule has 1 aliphatic rings. The average Bonchev–Trinajstić information content (AvgIpc) is 3.43. The second-order valence-corrected chi connectivity index (χ2v) is 9.32. The predicted octanol–water partition coefficient (Wildman–Crippen LogP) is 2.76. The minimum absolute atomic E-state index is 0.0106. The summed E-state index contributed by atoms with van der Waals surface area (Å²) in [6.07, 6.45) is 1.66. The normalized spacial score (nSPS) is 14.2. The molecular formula is C23H25FN8O2. The maximum absolute atomic E-state index is 15.0. The number of anilines is 1. The Balaban J connectivity index is 1.34. The average molecular weight is 465 g/mol. The molecule has 1 fully saturated rings.